The topological polar surface area (TPSA) is 168 Å². The molecule has 5 aliphatic heterocycles. The van der Waals surface area contributed by atoms with Gasteiger partial charge in [0.1, 0.15) is 30.3 Å². The summed E-state index contributed by atoms with van der Waals surface area (Å²) in [6, 6.07) is 20.5. The van der Waals surface area contributed by atoms with Crippen molar-refractivity contribution in [3.8, 4) is 22.2 Å². The van der Waals surface area contributed by atoms with Crippen LogP contribution in [0.15, 0.2) is 66.2 Å². The molecule has 4 fully saturated rings. The van der Waals surface area contributed by atoms with Crippen molar-refractivity contribution in [2.75, 3.05) is 55.7 Å². The molecule has 0 saturated carbocycles. The number of anilines is 2. The number of hydrogen-bond acceptors (Lipinski definition) is 13. The lowest BCUT2D eigenvalue weighted by Gasteiger charge is -2.37. The van der Waals surface area contributed by atoms with Crippen LogP contribution in [0.2, 0.25) is 0 Å². The number of likely N-dealkylation sites (tertiary alicyclic amines) is 2. The molecule has 5 atom stereocenters. The van der Waals surface area contributed by atoms with Crippen LogP contribution in [-0.2, 0) is 33.9 Å². The number of hydrogen-bond donors (Lipinski definition) is 4. The number of carbonyl (C=O) groups is 3. The molecule has 16 heteroatoms. The largest absolute Gasteiger partial charge is 0.508 e. The van der Waals surface area contributed by atoms with E-state index in [1.165, 1.54) is 18.4 Å². The molecule has 5 aliphatic rings. The lowest BCUT2D eigenvalue weighted by molar-refractivity contribution is -0.143. The average molecular weight is 1010 g/mol. The number of aryl methyl sites for hydroxylation is 1. The van der Waals surface area contributed by atoms with Gasteiger partial charge in [-0.1, -0.05) is 82.1 Å². The molecule has 0 radical (unpaired) electrons. The number of phenolic OH excluding ortho intramolecular Hbond substituents is 1. The number of nitrogens with zero attached hydrogens (tertiary/aromatic N) is 7. The number of benzene rings is 3. The smallest absolute Gasteiger partial charge is 0.318 e. The predicted molar refractivity (Wildman–Crippen MR) is 288 cm³/mol. The molecule has 388 valence electrons. The van der Waals surface area contributed by atoms with Crippen LogP contribution in [-0.4, -0.2) is 124 Å². The molecular formula is C57H74N10O5S. The van der Waals surface area contributed by atoms with Crippen molar-refractivity contribution in [2.24, 2.45) is 5.41 Å². The molecule has 0 spiro atoms. The number of piperazine rings is 1. The van der Waals surface area contributed by atoms with E-state index in [1.807, 2.05) is 69.6 Å². The quantitative estimate of drug-likeness (QED) is 0.0628. The zero-order valence-electron chi connectivity index (χ0n) is 43.2. The summed E-state index contributed by atoms with van der Waals surface area (Å²) in [5.41, 5.74) is 7.64. The number of ether oxygens (including phenoxy) is 1. The van der Waals surface area contributed by atoms with Gasteiger partial charge in [0.15, 0.2) is 0 Å². The first-order valence-corrected chi connectivity index (χ1v) is 27.8. The number of thiazole rings is 1. The Balaban J connectivity index is 0.689. The van der Waals surface area contributed by atoms with Crippen molar-refractivity contribution in [3.63, 3.8) is 0 Å². The number of carbonyl (C=O) groups excluding carboxylic acids is 3. The maximum atomic E-state index is 14.2. The first-order valence-electron chi connectivity index (χ1n) is 27.0. The van der Waals surface area contributed by atoms with Crippen molar-refractivity contribution < 1.29 is 24.2 Å². The van der Waals surface area contributed by atoms with E-state index >= 15 is 0 Å². The Morgan fingerprint density at radius 1 is 0.904 bits per heavy atom. The fourth-order valence-corrected chi connectivity index (χ4v) is 12.8. The Labute approximate surface area is 434 Å². The molecule has 5 aromatic rings. The van der Waals surface area contributed by atoms with Crippen molar-refractivity contribution >= 4 is 51.3 Å². The molecule has 73 heavy (non-hydrogen) atoms. The van der Waals surface area contributed by atoms with Crippen LogP contribution in [0, 0.1) is 12.3 Å². The van der Waals surface area contributed by atoms with Crippen LogP contribution in [0.5, 0.6) is 11.8 Å². The van der Waals surface area contributed by atoms with Crippen molar-refractivity contribution in [3.05, 3.63) is 88.7 Å². The molecule has 10 rings (SSSR count). The zero-order chi connectivity index (χ0) is 50.6. The fourth-order valence-electron chi connectivity index (χ4n) is 11.9. The molecule has 15 nitrogen and oxygen atoms in total. The van der Waals surface area contributed by atoms with Gasteiger partial charge in [-0.25, -0.2) is 4.98 Å². The number of aromatic hydroxyl groups is 1. The molecule has 0 aliphatic carbocycles. The molecule has 2 unspecified atom stereocenters. The van der Waals surface area contributed by atoms with Gasteiger partial charge in [-0.3, -0.25) is 19.3 Å². The van der Waals surface area contributed by atoms with Crippen LogP contribution in [0.4, 0.5) is 11.5 Å². The predicted octanol–water partition coefficient (Wildman–Crippen LogP) is 7.90. The first-order chi connectivity index (χ1) is 35.3. The average Bonchev–Trinajstić information content (AvgIpc) is 4.22. The standard InChI is InChI=1S/C57H74N10O5S/c1-37-51(73-36-59-37)39-20-18-38(19-21-39)31-58-54(70)48-16-12-27-67(48)55(71)52(57(2,3)4)62-50(69)17-7-5-6-10-25-64-26-11-14-43(64)35-72-56-61-47-34-65(49-30-44(68)29-40-13-8-9-15-45(40)49)28-24-46(47)53(63-56)66-32-41-22-23-42(33-66)60-41/h8-9,13,15,18-21,29-30,36,41-43,48,52,60,68H,5-7,10-12,14,16-17,22-28,31-35H2,1-4H3,(H,58,70)(H,62,69)/t41?,42?,43-,48-,52+/m0/s1. The van der Waals surface area contributed by atoms with E-state index in [4.69, 9.17) is 14.7 Å². The van der Waals surface area contributed by atoms with Gasteiger partial charge >= 0.3 is 6.01 Å². The van der Waals surface area contributed by atoms with Gasteiger partial charge in [0.25, 0.3) is 0 Å². The van der Waals surface area contributed by atoms with E-state index < -0.39 is 17.5 Å². The Kier molecular flexibility index (Phi) is 15.5. The van der Waals surface area contributed by atoms with Crippen LogP contribution in [0.25, 0.3) is 21.2 Å². The minimum Gasteiger partial charge on any atom is -0.508 e. The summed E-state index contributed by atoms with van der Waals surface area (Å²) in [7, 11) is 0. The highest BCUT2D eigenvalue weighted by Crippen LogP contribution is 2.38. The fraction of sp³-hybridized carbons (Fsp3) is 0.544. The van der Waals surface area contributed by atoms with E-state index in [0.29, 0.717) is 57.2 Å². The summed E-state index contributed by atoms with van der Waals surface area (Å²) in [6.45, 7) is 14.6. The van der Waals surface area contributed by atoms with E-state index in [2.05, 4.69) is 59.9 Å². The molecular weight excluding hydrogens is 937 g/mol. The molecule has 2 bridgehead atoms. The summed E-state index contributed by atoms with van der Waals surface area (Å²) < 4.78 is 6.60. The Bertz CT molecular complexity index is 2750. The summed E-state index contributed by atoms with van der Waals surface area (Å²) in [5.74, 6) is 0.805. The number of phenols is 1. The summed E-state index contributed by atoms with van der Waals surface area (Å²) in [6.07, 6.45) is 10.8. The highest BCUT2D eigenvalue weighted by molar-refractivity contribution is 7.13. The third-order valence-electron chi connectivity index (χ3n) is 15.9. The number of fused-ring (bicyclic) bond motifs is 4. The van der Waals surface area contributed by atoms with E-state index in [-0.39, 0.29) is 29.5 Å². The van der Waals surface area contributed by atoms with Crippen LogP contribution in [0.3, 0.4) is 0 Å². The van der Waals surface area contributed by atoms with Gasteiger partial charge in [-0.2, -0.15) is 9.97 Å². The van der Waals surface area contributed by atoms with Gasteiger partial charge in [-0.05, 0) is 106 Å². The summed E-state index contributed by atoms with van der Waals surface area (Å²) in [4.78, 5) is 65.9. The van der Waals surface area contributed by atoms with Gasteiger partial charge in [0.05, 0.1) is 28.3 Å². The second kappa shape index (κ2) is 22.3. The third kappa shape index (κ3) is 11.8. The third-order valence-corrected chi connectivity index (χ3v) is 16.9. The van der Waals surface area contributed by atoms with Crippen molar-refractivity contribution in [1.82, 2.24) is 40.7 Å². The molecule has 3 amide bonds. The first kappa shape index (κ1) is 50.7. The SMILES string of the molecule is Cc1ncsc1-c1ccc(CNC(=O)[C@@H]2CCCN2C(=O)[C@@H](NC(=O)CCCCCCN2CCC[C@H]2COc2nc3c(c(N4CC5CCC(C4)N5)n2)CCN(c2cc(O)cc4ccccc24)C3)C(C)(C)C)cc1. The minimum atomic E-state index is -0.735. The van der Waals surface area contributed by atoms with Gasteiger partial charge in [0.2, 0.25) is 17.7 Å². The number of aromatic nitrogens is 3. The van der Waals surface area contributed by atoms with Crippen molar-refractivity contribution in [2.45, 2.75) is 148 Å². The second-order valence-corrected chi connectivity index (χ2v) is 23.1. The van der Waals surface area contributed by atoms with Crippen molar-refractivity contribution in [1.29, 1.82) is 0 Å². The van der Waals surface area contributed by atoms with Crippen LogP contribution in [0.1, 0.15) is 114 Å². The van der Waals surface area contributed by atoms with Crippen LogP contribution >= 0.6 is 11.3 Å². The van der Waals surface area contributed by atoms with Gasteiger partial charge < -0.3 is 40.5 Å². The lowest BCUT2D eigenvalue weighted by Crippen LogP contribution is -2.57. The zero-order valence-corrected chi connectivity index (χ0v) is 44.0. The highest BCUT2D eigenvalue weighted by atomic mass is 32.1. The van der Waals surface area contributed by atoms with Gasteiger partial charge in [0, 0.05) is 80.0 Å². The minimum absolute atomic E-state index is 0.125. The van der Waals surface area contributed by atoms with E-state index in [0.717, 1.165) is 134 Å². The van der Waals surface area contributed by atoms with Gasteiger partial charge in [-0.15, -0.1) is 11.3 Å². The van der Waals surface area contributed by atoms with E-state index in [9.17, 15) is 19.5 Å². The summed E-state index contributed by atoms with van der Waals surface area (Å²) >= 11 is 1.61. The Hall–Kier alpha value is -5.84. The second-order valence-electron chi connectivity index (χ2n) is 22.2. The molecule has 4 N–H and O–H groups in total. The Morgan fingerprint density at radius 2 is 1.68 bits per heavy atom. The normalized spacial score (nSPS) is 21.4. The molecule has 4 saturated heterocycles. The Morgan fingerprint density at radius 3 is 2.47 bits per heavy atom. The maximum absolute atomic E-state index is 14.2. The summed E-state index contributed by atoms with van der Waals surface area (Å²) in [5, 5.41) is 22.8. The lowest BCUT2D eigenvalue weighted by atomic mass is 9.85. The monoisotopic (exact) mass is 1010 g/mol. The molecule has 7 heterocycles. The molecule has 3 aromatic carbocycles. The number of rotatable bonds is 18. The highest BCUT2D eigenvalue weighted by Gasteiger charge is 2.42. The van der Waals surface area contributed by atoms with E-state index in [1.54, 1.807) is 16.2 Å². The van der Waals surface area contributed by atoms with Crippen LogP contribution < -0.4 is 30.5 Å². The molecule has 2 aromatic heterocycles. The number of amides is 3. The number of nitrogens with one attached hydrogen (secondary N) is 3. The maximum Gasteiger partial charge on any atom is 0.318 e. The number of unbranched alkanes of at least 4 members (excludes halogenated alkanes) is 3.